The molecule has 5 N–H and O–H groups in total. The second kappa shape index (κ2) is 10.4. The Bertz CT molecular complexity index is 1680. The van der Waals surface area contributed by atoms with E-state index in [4.69, 9.17) is 5.73 Å². The zero-order valence-corrected chi connectivity index (χ0v) is 22.3. The highest BCUT2D eigenvalue weighted by atomic mass is 32.2. The third-order valence-corrected chi connectivity index (χ3v) is 8.58. The number of aliphatic hydroxyl groups excluding tert-OH is 1. The molecule has 0 radical (unpaired) electrons. The van der Waals surface area contributed by atoms with Crippen molar-refractivity contribution in [2.45, 2.75) is 49.6 Å². The lowest BCUT2D eigenvalue weighted by atomic mass is 9.94. The Labute approximate surface area is 225 Å². The SMILES string of the molecule is CNC(=O)c1ccc(F)c(-c2cn3c(-c4cc(S(=O)(=O)NC5CCC(O)CC5)ccc4C)cnc3c(N)n2)c1. The molecule has 0 unspecified atom stereocenters. The standard InChI is InChI=1S/C27H29FN6O4S/c1-15-3-9-19(39(37,38)33-17-5-7-18(35)8-6-17)12-20(15)24-13-31-26-25(29)32-23(14-34(24)26)21-11-16(27(36)30-2)4-10-22(21)28/h3-4,9-14,17-18,33,35H,5-8H2,1-2H3,(H2,29,32)(H,30,36). The summed E-state index contributed by atoms with van der Waals surface area (Å²) in [7, 11) is -2.34. The summed E-state index contributed by atoms with van der Waals surface area (Å²) >= 11 is 0. The third-order valence-electron chi connectivity index (χ3n) is 7.06. The maximum absolute atomic E-state index is 14.8. The van der Waals surface area contributed by atoms with Crippen LogP contribution in [-0.2, 0) is 10.0 Å². The smallest absolute Gasteiger partial charge is 0.251 e. The Morgan fingerprint density at radius 3 is 2.59 bits per heavy atom. The number of amides is 1. The van der Waals surface area contributed by atoms with Crippen LogP contribution in [0.5, 0.6) is 0 Å². The first-order chi connectivity index (χ1) is 18.6. The number of imidazole rings is 1. The van der Waals surface area contributed by atoms with Crippen molar-refractivity contribution in [3.8, 4) is 22.5 Å². The number of nitrogen functional groups attached to an aromatic ring is 1. The van der Waals surface area contributed by atoms with E-state index in [1.165, 1.54) is 25.2 Å². The average molecular weight is 553 g/mol. The van der Waals surface area contributed by atoms with Crippen LogP contribution in [0.15, 0.2) is 53.7 Å². The summed E-state index contributed by atoms with van der Waals surface area (Å²) in [4.78, 5) is 20.9. The van der Waals surface area contributed by atoms with Gasteiger partial charge in [-0.25, -0.2) is 27.5 Å². The Morgan fingerprint density at radius 2 is 1.87 bits per heavy atom. The molecule has 0 aliphatic heterocycles. The molecule has 0 atom stereocenters. The first kappa shape index (κ1) is 26.7. The van der Waals surface area contributed by atoms with Gasteiger partial charge in [-0.15, -0.1) is 0 Å². The van der Waals surface area contributed by atoms with Gasteiger partial charge in [0.05, 0.1) is 28.6 Å². The molecule has 39 heavy (non-hydrogen) atoms. The van der Waals surface area contributed by atoms with E-state index in [0.29, 0.717) is 42.6 Å². The number of anilines is 1. The van der Waals surface area contributed by atoms with E-state index in [1.807, 2.05) is 6.92 Å². The Hall–Kier alpha value is -3.87. The number of aliphatic hydroxyl groups is 1. The van der Waals surface area contributed by atoms with Gasteiger partial charge in [-0.05, 0) is 68.5 Å². The zero-order chi connectivity index (χ0) is 27.9. The van der Waals surface area contributed by atoms with Gasteiger partial charge < -0.3 is 16.2 Å². The fraction of sp³-hybridized carbons (Fsp3) is 0.296. The van der Waals surface area contributed by atoms with Crippen molar-refractivity contribution in [2.75, 3.05) is 12.8 Å². The van der Waals surface area contributed by atoms with Crippen LogP contribution in [0, 0.1) is 12.7 Å². The summed E-state index contributed by atoms with van der Waals surface area (Å²) < 4.78 is 45.7. The lowest BCUT2D eigenvalue weighted by Crippen LogP contribution is -2.38. The number of halogens is 1. The highest BCUT2D eigenvalue weighted by molar-refractivity contribution is 7.89. The molecule has 1 amide bonds. The van der Waals surface area contributed by atoms with Gasteiger partial charge in [-0.1, -0.05) is 6.07 Å². The van der Waals surface area contributed by atoms with E-state index in [2.05, 4.69) is 20.0 Å². The summed E-state index contributed by atoms with van der Waals surface area (Å²) in [6, 6.07) is 8.55. The number of sulfonamides is 1. The first-order valence-electron chi connectivity index (χ1n) is 12.5. The third kappa shape index (κ3) is 5.22. The molecule has 1 aliphatic carbocycles. The van der Waals surface area contributed by atoms with Gasteiger partial charge in [0, 0.05) is 36.0 Å². The summed E-state index contributed by atoms with van der Waals surface area (Å²) in [5, 5.41) is 12.3. The maximum Gasteiger partial charge on any atom is 0.251 e. The number of hydrogen-bond acceptors (Lipinski definition) is 7. The molecule has 4 aromatic rings. The van der Waals surface area contributed by atoms with Gasteiger partial charge in [0.15, 0.2) is 11.5 Å². The van der Waals surface area contributed by atoms with Gasteiger partial charge in [0.2, 0.25) is 10.0 Å². The van der Waals surface area contributed by atoms with Crippen molar-refractivity contribution >= 4 is 27.4 Å². The highest BCUT2D eigenvalue weighted by Gasteiger charge is 2.26. The van der Waals surface area contributed by atoms with E-state index < -0.39 is 21.9 Å². The first-order valence-corrected chi connectivity index (χ1v) is 14.0. The summed E-state index contributed by atoms with van der Waals surface area (Å²) in [5.41, 5.74) is 8.97. The number of nitrogens with one attached hydrogen (secondary N) is 2. The van der Waals surface area contributed by atoms with Crippen LogP contribution in [0.2, 0.25) is 0 Å². The fourth-order valence-electron chi connectivity index (χ4n) is 4.87. The predicted molar refractivity (Wildman–Crippen MR) is 145 cm³/mol. The monoisotopic (exact) mass is 552 g/mol. The van der Waals surface area contributed by atoms with Crippen LogP contribution in [0.25, 0.3) is 28.2 Å². The molecule has 2 aromatic heterocycles. The second-order valence-electron chi connectivity index (χ2n) is 9.73. The molecule has 2 aromatic carbocycles. The summed E-state index contributed by atoms with van der Waals surface area (Å²) in [6.07, 6.45) is 4.98. The number of aryl methyl sites for hydroxylation is 1. The van der Waals surface area contributed by atoms with E-state index in [-0.39, 0.29) is 39.5 Å². The number of rotatable bonds is 6. The van der Waals surface area contributed by atoms with Crippen LogP contribution in [0.4, 0.5) is 10.2 Å². The minimum atomic E-state index is -3.83. The summed E-state index contributed by atoms with van der Waals surface area (Å²) in [5.74, 6) is -0.910. The quantitative estimate of drug-likeness (QED) is 0.287. The normalized spacial score (nSPS) is 17.8. The number of hydrogen-bond donors (Lipinski definition) is 4. The molecular formula is C27H29FN6O4S. The molecule has 5 rings (SSSR count). The Balaban J connectivity index is 1.57. The van der Waals surface area contributed by atoms with E-state index >= 15 is 0 Å². The minimum absolute atomic E-state index is 0.0473. The van der Waals surface area contributed by atoms with Crippen molar-refractivity contribution in [1.29, 1.82) is 0 Å². The Kier molecular flexibility index (Phi) is 7.10. The topological polar surface area (TPSA) is 152 Å². The fourth-order valence-corrected chi connectivity index (χ4v) is 6.20. The average Bonchev–Trinajstić information content (AvgIpc) is 3.34. The molecule has 12 heteroatoms. The number of nitrogens with two attached hydrogens (primary N) is 1. The van der Waals surface area contributed by atoms with Crippen LogP contribution < -0.4 is 15.8 Å². The van der Waals surface area contributed by atoms with Crippen LogP contribution in [0.3, 0.4) is 0 Å². The van der Waals surface area contributed by atoms with Crippen molar-refractivity contribution in [3.05, 3.63) is 65.7 Å². The van der Waals surface area contributed by atoms with Crippen molar-refractivity contribution in [3.63, 3.8) is 0 Å². The molecule has 0 bridgehead atoms. The van der Waals surface area contributed by atoms with Gasteiger partial charge in [0.25, 0.3) is 5.91 Å². The number of carbonyl (C=O) groups is 1. The summed E-state index contributed by atoms with van der Waals surface area (Å²) in [6.45, 7) is 1.85. The van der Waals surface area contributed by atoms with Gasteiger partial charge >= 0.3 is 0 Å². The number of nitrogens with zero attached hydrogens (tertiary/aromatic N) is 3. The van der Waals surface area contributed by atoms with Crippen molar-refractivity contribution < 1.29 is 22.7 Å². The van der Waals surface area contributed by atoms with E-state index in [0.717, 1.165) is 5.56 Å². The molecular weight excluding hydrogens is 523 g/mol. The molecule has 2 heterocycles. The molecule has 1 aliphatic rings. The number of aromatic nitrogens is 3. The Morgan fingerprint density at radius 1 is 1.13 bits per heavy atom. The second-order valence-corrected chi connectivity index (χ2v) is 11.4. The van der Waals surface area contributed by atoms with Crippen molar-refractivity contribution in [1.82, 2.24) is 24.4 Å². The maximum atomic E-state index is 14.8. The number of fused-ring (bicyclic) bond motifs is 1. The largest absolute Gasteiger partial charge is 0.393 e. The van der Waals surface area contributed by atoms with Gasteiger partial charge in [-0.3, -0.25) is 9.20 Å². The molecule has 1 fully saturated rings. The van der Waals surface area contributed by atoms with E-state index in [9.17, 15) is 22.7 Å². The van der Waals surface area contributed by atoms with Gasteiger partial charge in [0.1, 0.15) is 5.82 Å². The lowest BCUT2D eigenvalue weighted by molar-refractivity contribution is 0.0963. The molecule has 1 saturated carbocycles. The zero-order valence-electron chi connectivity index (χ0n) is 21.5. The van der Waals surface area contributed by atoms with Crippen LogP contribution in [0.1, 0.15) is 41.6 Å². The molecule has 10 nitrogen and oxygen atoms in total. The number of carbonyl (C=O) groups excluding carboxylic acids is 1. The van der Waals surface area contributed by atoms with E-state index in [1.54, 1.807) is 35.0 Å². The molecule has 0 spiro atoms. The molecule has 0 saturated heterocycles. The van der Waals surface area contributed by atoms with Crippen LogP contribution >= 0.6 is 0 Å². The lowest BCUT2D eigenvalue weighted by Gasteiger charge is -2.26. The molecule has 204 valence electrons. The van der Waals surface area contributed by atoms with Gasteiger partial charge in [-0.2, -0.15) is 0 Å². The van der Waals surface area contributed by atoms with Crippen molar-refractivity contribution in [2.24, 2.45) is 0 Å². The highest BCUT2D eigenvalue weighted by Crippen LogP contribution is 2.31. The minimum Gasteiger partial charge on any atom is -0.393 e. The predicted octanol–water partition coefficient (Wildman–Crippen LogP) is 3.03. The van der Waals surface area contributed by atoms with Crippen LogP contribution in [-0.4, -0.2) is 53.0 Å². The number of benzene rings is 2.